The number of hydrogen-bond acceptors (Lipinski definition) is 3. The van der Waals surface area contributed by atoms with Crippen LogP contribution in [-0.2, 0) is 9.53 Å². The fourth-order valence-electron chi connectivity index (χ4n) is 1.13. The van der Waals surface area contributed by atoms with Gasteiger partial charge in [-0.15, -0.1) is 0 Å². The van der Waals surface area contributed by atoms with Crippen molar-refractivity contribution in [2.24, 2.45) is 0 Å². The van der Waals surface area contributed by atoms with E-state index in [-0.39, 0.29) is 5.97 Å². The highest BCUT2D eigenvalue weighted by atomic mass is 16.5. The van der Waals surface area contributed by atoms with E-state index >= 15 is 0 Å². The summed E-state index contributed by atoms with van der Waals surface area (Å²) < 4.78 is 4.84. The predicted molar refractivity (Wildman–Crippen MR) is 58.2 cm³/mol. The Hall–Kier alpha value is -0.830. The summed E-state index contributed by atoms with van der Waals surface area (Å²) in [5.41, 5.74) is 0.533. The number of nitrogens with zero attached hydrogens (tertiary/aromatic N) is 1. The van der Waals surface area contributed by atoms with E-state index in [1.54, 1.807) is 6.92 Å². The van der Waals surface area contributed by atoms with E-state index in [2.05, 4.69) is 18.4 Å². The van der Waals surface area contributed by atoms with Crippen molar-refractivity contribution >= 4 is 5.97 Å². The summed E-state index contributed by atoms with van der Waals surface area (Å²) in [6.07, 6.45) is 2.31. The second-order valence-electron chi connectivity index (χ2n) is 3.42. The number of unbranched alkanes of at least 4 members (excludes halogenated alkanes) is 1. The van der Waals surface area contributed by atoms with E-state index in [9.17, 15) is 4.79 Å². The molecule has 0 aromatic heterocycles. The van der Waals surface area contributed by atoms with Crippen molar-refractivity contribution in [2.75, 3.05) is 26.7 Å². The maximum Gasteiger partial charge on any atom is 0.334 e. The molecular formula is C11H21NO2. The molecule has 0 radical (unpaired) electrons. The summed E-state index contributed by atoms with van der Waals surface area (Å²) in [5, 5.41) is 0. The average molecular weight is 199 g/mol. The SMILES string of the molecule is C=C(CN(C)CCCC)C(=O)OCC. The average Bonchev–Trinajstić information content (AvgIpc) is 2.15. The number of esters is 1. The van der Waals surface area contributed by atoms with Gasteiger partial charge in [-0.1, -0.05) is 19.9 Å². The zero-order valence-corrected chi connectivity index (χ0v) is 9.51. The van der Waals surface area contributed by atoms with Gasteiger partial charge in [0.05, 0.1) is 6.61 Å². The standard InChI is InChI=1S/C11H21NO2/c1-5-7-8-12(4)9-10(3)11(13)14-6-2/h3,5-9H2,1-2,4H3. The van der Waals surface area contributed by atoms with Gasteiger partial charge in [0.25, 0.3) is 0 Å². The molecule has 3 nitrogen and oxygen atoms in total. The van der Waals surface area contributed by atoms with Crippen LogP contribution in [0.4, 0.5) is 0 Å². The summed E-state index contributed by atoms with van der Waals surface area (Å²) in [6, 6.07) is 0. The number of hydrogen-bond donors (Lipinski definition) is 0. The van der Waals surface area contributed by atoms with Gasteiger partial charge in [-0.2, -0.15) is 0 Å². The summed E-state index contributed by atoms with van der Waals surface area (Å²) in [4.78, 5) is 13.3. The van der Waals surface area contributed by atoms with Gasteiger partial charge >= 0.3 is 5.97 Å². The highest BCUT2D eigenvalue weighted by Gasteiger charge is 2.09. The monoisotopic (exact) mass is 199 g/mol. The summed E-state index contributed by atoms with van der Waals surface area (Å²) >= 11 is 0. The fourth-order valence-corrected chi connectivity index (χ4v) is 1.13. The molecule has 0 spiro atoms. The Morgan fingerprint density at radius 2 is 2.07 bits per heavy atom. The maximum absolute atomic E-state index is 11.2. The Bertz CT molecular complexity index is 190. The first kappa shape index (κ1) is 13.2. The molecule has 0 atom stereocenters. The Morgan fingerprint density at radius 3 is 2.57 bits per heavy atom. The van der Waals surface area contributed by atoms with Crippen LogP contribution in [0.5, 0.6) is 0 Å². The third kappa shape index (κ3) is 5.75. The first-order chi connectivity index (χ1) is 6.61. The van der Waals surface area contributed by atoms with Crippen molar-refractivity contribution in [1.29, 1.82) is 0 Å². The number of rotatable bonds is 7. The van der Waals surface area contributed by atoms with Crippen molar-refractivity contribution in [2.45, 2.75) is 26.7 Å². The molecule has 0 fully saturated rings. The van der Waals surface area contributed by atoms with Crippen LogP contribution < -0.4 is 0 Å². The third-order valence-electron chi connectivity index (χ3n) is 1.92. The molecule has 0 aliphatic rings. The second-order valence-corrected chi connectivity index (χ2v) is 3.42. The van der Waals surface area contributed by atoms with Crippen LogP contribution in [0.1, 0.15) is 26.7 Å². The van der Waals surface area contributed by atoms with Crippen LogP contribution in [0.2, 0.25) is 0 Å². The van der Waals surface area contributed by atoms with E-state index in [1.165, 1.54) is 0 Å². The van der Waals surface area contributed by atoms with Crippen molar-refractivity contribution in [3.8, 4) is 0 Å². The minimum atomic E-state index is -0.282. The van der Waals surface area contributed by atoms with Gasteiger partial charge in [-0.25, -0.2) is 4.79 Å². The largest absolute Gasteiger partial charge is 0.463 e. The highest BCUT2D eigenvalue weighted by Crippen LogP contribution is 1.99. The lowest BCUT2D eigenvalue weighted by Gasteiger charge is -2.16. The molecule has 0 bridgehead atoms. The van der Waals surface area contributed by atoms with E-state index in [1.807, 2.05) is 7.05 Å². The van der Waals surface area contributed by atoms with Crippen molar-refractivity contribution < 1.29 is 9.53 Å². The number of carbonyl (C=O) groups is 1. The van der Waals surface area contributed by atoms with Crippen LogP contribution in [0.15, 0.2) is 12.2 Å². The summed E-state index contributed by atoms with van der Waals surface area (Å²) in [6.45, 7) is 9.65. The molecule has 0 aromatic rings. The first-order valence-electron chi connectivity index (χ1n) is 5.15. The minimum Gasteiger partial charge on any atom is -0.463 e. The van der Waals surface area contributed by atoms with Gasteiger partial charge < -0.3 is 9.64 Å². The van der Waals surface area contributed by atoms with Crippen LogP contribution in [0.3, 0.4) is 0 Å². The van der Waals surface area contributed by atoms with Crippen LogP contribution in [0, 0.1) is 0 Å². The Balaban J connectivity index is 3.75. The lowest BCUT2D eigenvalue weighted by molar-refractivity contribution is -0.138. The first-order valence-corrected chi connectivity index (χ1v) is 5.15. The normalized spacial score (nSPS) is 10.3. The van der Waals surface area contributed by atoms with Gasteiger partial charge in [0, 0.05) is 12.1 Å². The number of likely N-dealkylation sites (N-methyl/N-ethyl adjacent to an activating group) is 1. The van der Waals surface area contributed by atoms with E-state index in [0.717, 1.165) is 19.4 Å². The quantitative estimate of drug-likeness (QED) is 0.463. The van der Waals surface area contributed by atoms with Gasteiger partial charge in [0.1, 0.15) is 0 Å². The second kappa shape index (κ2) is 7.56. The van der Waals surface area contributed by atoms with Crippen LogP contribution in [0.25, 0.3) is 0 Å². The zero-order valence-electron chi connectivity index (χ0n) is 9.51. The van der Waals surface area contributed by atoms with E-state index in [0.29, 0.717) is 18.7 Å². The Morgan fingerprint density at radius 1 is 1.43 bits per heavy atom. The molecule has 82 valence electrons. The molecule has 0 heterocycles. The topological polar surface area (TPSA) is 29.5 Å². The number of carbonyl (C=O) groups excluding carboxylic acids is 1. The van der Waals surface area contributed by atoms with Gasteiger partial charge in [0.15, 0.2) is 0 Å². The minimum absolute atomic E-state index is 0.282. The lowest BCUT2D eigenvalue weighted by Crippen LogP contribution is -2.25. The molecule has 14 heavy (non-hydrogen) atoms. The molecular weight excluding hydrogens is 178 g/mol. The van der Waals surface area contributed by atoms with Gasteiger partial charge in [-0.3, -0.25) is 0 Å². The molecule has 0 rings (SSSR count). The van der Waals surface area contributed by atoms with Crippen LogP contribution in [-0.4, -0.2) is 37.6 Å². The molecule has 3 heteroatoms. The van der Waals surface area contributed by atoms with Crippen molar-refractivity contribution in [3.05, 3.63) is 12.2 Å². The molecule has 0 aromatic carbocycles. The fraction of sp³-hybridized carbons (Fsp3) is 0.727. The molecule has 0 amide bonds. The summed E-state index contributed by atoms with van der Waals surface area (Å²) in [5.74, 6) is -0.282. The molecule has 0 saturated carbocycles. The lowest BCUT2D eigenvalue weighted by atomic mass is 10.2. The molecule has 0 aliphatic heterocycles. The Kier molecular flexibility index (Phi) is 7.11. The molecule has 0 unspecified atom stereocenters. The maximum atomic E-state index is 11.2. The highest BCUT2D eigenvalue weighted by molar-refractivity contribution is 5.88. The smallest absolute Gasteiger partial charge is 0.334 e. The van der Waals surface area contributed by atoms with Gasteiger partial charge in [-0.05, 0) is 26.9 Å². The Labute approximate surface area is 86.7 Å². The molecule has 0 saturated heterocycles. The zero-order chi connectivity index (χ0) is 11.0. The van der Waals surface area contributed by atoms with Crippen molar-refractivity contribution in [3.63, 3.8) is 0 Å². The van der Waals surface area contributed by atoms with Gasteiger partial charge in [0.2, 0.25) is 0 Å². The van der Waals surface area contributed by atoms with E-state index < -0.39 is 0 Å². The third-order valence-corrected chi connectivity index (χ3v) is 1.92. The molecule has 0 N–H and O–H groups in total. The molecule has 0 aliphatic carbocycles. The van der Waals surface area contributed by atoms with E-state index in [4.69, 9.17) is 4.74 Å². The predicted octanol–water partition coefficient (Wildman–Crippen LogP) is 1.84. The van der Waals surface area contributed by atoms with Crippen molar-refractivity contribution in [1.82, 2.24) is 4.90 Å². The number of ether oxygens (including phenoxy) is 1. The summed E-state index contributed by atoms with van der Waals surface area (Å²) in [7, 11) is 1.99. The van der Waals surface area contributed by atoms with Crippen LogP contribution >= 0.6 is 0 Å².